The van der Waals surface area contributed by atoms with Gasteiger partial charge in [0.2, 0.25) is 0 Å². The van der Waals surface area contributed by atoms with Gasteiger partial charge in [-0.2, -0.15) is 4.98 Å². The van der Waals surface area contributed by atoms with Gasteiger partial charge in [0, 0.05) is 5.56 Å². The zero-order valence-electron chi connectivity index (χ0n) is 7.00. The van der Waals surface area contributed by atoms with Crippen molar-refractivity contribution in [2.24, 2.45) is 0 Å². The molecule has 3 nitrogen and oxygen atoms in total. The molecule has 0 aliphatic carbocycles. The normalized spacial score (nSPS) is 10.4. The highest BCUT2D eigenvalue weighted by Gasteiger charge is 2.08. The minimum atomic E-state index is -0.393. The van der Waals surface area contributed by atoms with Crippen LogP contribution in [0, 0.1) is 5.82 Å². The maximum Gasteiger partial charge on any atom is 0.292 e. The standard InChI is InChI=1S/C9H6ClFN2O/c10-7-3-5(11)1-2-6(7)8-4-14-9(12)13-8/h1-4H,(H2,12,13). The first kappa shape index (κ1) is 9.02. The molecule has 0 radical (unpaired) electrons. The molecule has 0 bridgehead atoms. The number of halogens is 2. The van der Waals surface area contributed by atoms with Gasteiger partial charge in [-0.05, 0) is 18.2 Å². The summed E-state index contributed by atoms with van der Waals surface area (Å²) in [6, 6.07) is 4.09. The fourth-order valence-corrected chi connectivity index (χ4v) is 1.37. The number of rotatable bonds is 1. The van der Waals surface area contributed by atoms with Gasteiger partial charge in [0.25, 0.3) is 6.01 Å². The number of benzene rings is 1. The van der Waals surface area contributed by atoms with Crippen LogP contribution in [0.3, 0.4) is 0 Å². The van der Waals surface area contributed by atoms with Crippen LogP contribution >= 0.6 is 11.6 Å². The highest BCUT2D eigenvalue weighted by atomic mass is 35.5. The molecule has 0 aliphatic rings. The highest BCUT2D eigenvalue weighted by Crippen LogP contribution is 2.28. The van der Waals surface area contributed by atoms with Crippen molar-refractivity contribution in [2.75, 3.05) is 5.73 Å². The average molecular weight is 213 g/mol. The monoisotopic (exact) mass is 212 g/mol. The zero-order chi connectivity index (χ0) is 10.1. The number of anilines is 1. The largest absolute Gasteiger partial charge is 0.432 e. The molecule has 0 saturated heterocycles. The Kier molecular flexibility index (Phi) is 2.13. The molecule has 2 N–H and O–H groups in total. The Morgan fingerprint density at radius 1 is 1.43 bits per heavy atom. The molecule has 72 valence electrons. The van der Waals surface area contributed by atoms with Gasteiger partial charge in [0.15, 0.2) is 0 Å². The lowest BCUT2D eigenvalue weighted by Crippen LogP contribution is -1.85. The number of nitrogen functional groups attached to an aromatic ring is 1. The van der Waals surface area contributed by atoms with E-state index in [4.69, 9.17) is 21.8 Å². The number of hydrogen-bond donors (Lipinski definition) is 1. The summed E-state index contributed by atoms with van der Waals surface area (Å²) in [6.45, 7) is 0. The second-order valence-corrected chi connectivity index (χ2v) is 3.10. The second-order valence-electron chi connectivity index (χ2n) is 2.70. The van der Waals surface area contributed by atoms with Gasteiger partial charge in [-0.1, -0.05) is 11.6 Å². The minimum absolute atomic E-state index is 0.0559. The van der Waals surface area contributed by atoms with E-state index in [1.54, 1.807) is 0 Å². The molecule has 1 aromatic heterocycles. The van der Waals surface area contributed by atoms with Gasteiger partial charge < -0.3 is 10.2 Å². The number of oxazole rings is 1. The molecule has 0 amide bonds. The molecule has 0 aliphatic heterocycles. The van der Waals surface area contributed by atoms with Gasteiger partial charge in [0.05, 0.1) is 5.02 Å². The first-order valence-electron chi connectivity index (χ1n) is 3.83. The van der Waals surface area contributed by atoms with Crippen LogP contribution in [0.2, 0.25) is 5.02 Å². The molecule has 0 unspecified atom stereocenters. The number of hydrogen-bond acceptors (Lipinski definition) is 3. The molecule has 0 atom stereocenters. The Morgan fingerprint density at radius 3 is 2.79 bits per heavy atom. The molecular formula is C9H6ClFN2O. The summed E-state index contributed by atoms with van der Waals surface area (Å²) < 4.78 is 17.5. The van der Waals surface area contributed by atoms with E-state index in [2.05, 4.69) is 4.98 Å². The van der Waals surface area contributed by atoms with Crippen molar-refractivity contribution in [2.45, 2.75) is 0 Å². The van der Waals surface area contributed by atoms with Crippen molar-refractivity contribution >= 4 is 17.6 Å². The van der Waals surface area contributed by atoms with Crippen LogP contribution in [-0.4, -0.2) is 4.98 Å². The smallest absolute Gasteiger partial charge is 0.292 e. The Hall–Kier alpha value is -1.55. The topological polar surface area (TPSA) is 52.0 Å². The van der Waals surface area contributed by atoms with Crippen molar-refractivity contribution in [1.29, 1.82) is 0 Å². The maximum atomic E-state index is 12.7. The molecule has 0 saturated carbocycles. The van der Waals surface area contributed by atoms with Gasteiger partial charge in [-0.15, -0.1) is 0 Å². The summed E-state index contributed by atoms with van der Waals surface area (Å²) >= 11 is 5.81. The van der Waals surface area contributed by atoms with Crippen LogP contribution < -0.4 is 5.73 Å². The van der Waals surface area contributed by atoms with Crippen LogP contribution in [0.4, 0.5) is 10.4 Å². The quantitative estimate of drug-likeness (QED) is 0.791. The lowest BCUT2D eigenvalue weighted by molar-refractivity contribution is 0.581. The van der Waals surface area contributed by atoms with E-state index in [0.717, 1.165) is 0 Å². The summed E-state index contributed by atoms with van der Waals surface area (Å²) in [6.07, 6.45) is 1.37. The second kappa shape index (κ2) is 3.31. The fourth-order valence-electron chi connectivity index (χ4n) is 1.11. The zero-order valence-corrected chi connectivity index (χ0v) is 7.75. The van der Waals surface area contributed by atoms with Gasteiger partial charge in [0.1, 0.15) is 17.8 Å². The van der Waals surface area contributed by atoms with Gasteiger partial charge >= 0.3 is 0 Å². The number of nitrogens with two attached hydrogens (primary N) is 1. The van der Waals surface area contributed by atoms with E-state index in [9.17, 15) is 4.39 Å². The fraction of sp³-hybridized carbons (Fsp3) is 0. The summed E-state index contributed by atoms with van der Waals surface area (Å²) in [5, 5.41) is 0.276. The van der Waals surface area contributed by atoms with Gasteiger partial charge in [-0.25, -0.2) is 4.39 Å². The van der Waals surface area contributed by atoms with Crippen molar-refractivity contribution in [1.82, 2.24) is 4.98 Å². The molecule has 0 fully saturated rings. The van der Waals surface area contributed by atoms with E-state index >= 15 is 0 Å². The van der Waals surface area contributed by atoms with E-state index in [1.165, 1.54) is 24.5 Å². The predicted molar refractivity (Wildman–Crippen MR) is 51.3 cm³/mol. The SMILES string of the molecule is Nc1nc(-c2ccc(F)cc2Cl)co1. The third-order valence-electron chi connectivity index (χ3n) is 1.73. The first-order chi connectivity index (χ1) is 6.66. The maximum absolute atomic E-state index is 12.7. The third-order valence-corrected chi connectivity index (χ3v) is 2.04. The Bertz CT molecular complexity index is 470. The lowest BCUT2D eigenvalue weighted by atomic mass is 10.2. The molecule has 1 aromatic carbocycles. The minimum Gasteiger partial charge on any atom is -0.432 e. The first-order valence-corrected chi connectivity index (χ1v) is 4.21. The van der Waals surface area contributed by atoms with E-state index < -0.39 is 5.82 Å². The molecular weight excluding hydrogens is 207 g/mol. The Labute approximate surface area is 84.3 Å². The number of aromatic nitrogens is 1. The van der Waals surface area contributed by atoms with E-state index in [-0.39, 0.29) is 11.0 Å². The molecule has 5 heteroatoms. The van der Waals surface area contributed by atoms with Crippen LogP contribution in [0.15, 0.2) is 28.9 Å². The molecule has 2 aromatic rings. The highest BCUT2D eigenvalue weighted by molar-refractivity contribution is 6.33. The third kappa shape index (κ3) is 1.56. The summed E-state index contributed by atoms with van der Waals surface area (Å²) in [7, 11) is 0. The molecule has 1 heterocycles. The van der Waals surface area contributed by atoms with E-state index in [0.29, 0.717) is 11.3 Å². The molecule has 0 spiro atoms. The Balaban J connectivity index is 2.52. The summed E-state index contributed by atoms with van der Waals surface area (Å²) in [5.74, 6) is -0.393. The van der Waals surface area contributed by atoms with Crippen molar-refractivity contribution < 1.29 is 8.81 Å². The van der Waals surface area contributed by atoms with E-state index in [1.807, 2.05) is 0 Å². The van der Waals surface area contributed by atoms with Crippen molar-refractivity contribution in [3.05, 3.63) is 35.3 Å². The average Bonchev–Trinajstić information content (AvgIpc) is 2.51. The van der Waals surface area contributed by atoms with Crippen LogP contribution in [0.25, 0.3) is 11.3 Å². The molecule has 2 rings (SSSR count). The van der Waals surface area contributed by atoms with Crippen LogP contribution in [0.5, 0.6) is 0 Å². The van der Waals surface area contributed by atoms with Crippen LogP contribution in [-0.2, 0) is 0 Å². The molecule has 14 heavy (non-hydrogen) atoms. The van der Waals surface area contributed by atoms with Crippen molar-refractivity contribution in [3.8, 4) is 11.3 Å². The van der Waals surface area contributed by atoms with Crippen LogP contribution in [0.1, 0.15) is 0 Å². The van der Waals surface area contributed by atoms with Crippen molar-refractivity contribution in [3.63, 3.8) is 0 Å². The lowest BCUT2D eigenvalue weighted by Gasteiger charge is -1.98. The predicted octanol–water partition coefficient (Wildman–Crippen LogP) is 2.72. The number of nitrogens with zero attached hydrogens (tertiary/aromatic N) is 1. The Morgan fingerprint density at radius 2 is 2.21 bits per heavy atom. The summed E-state index contributed by atoms with van der Waals surface area (Å²) in [4.78, 5) is 3.88. The van der Waals surface area contributed by atoms with Gasteiger partial charge in [-0.3, -0.25) is 0 Å². The summed E-state index contributed by atoms with van der Waals surface area (Å²) in [5.41, 5.74) is 6.39.